The van der Waals surface area contributed by atoms with E-state index in [0.29, 0.717) is 47.3 Å². The van der Waals surface area contributed by atoms with Gasteiger partial charge in [0, 0.05) is 21.7 Å². The van der Waals surface area contributed by atoms with Gasteiger partial charge in [0.25, 0.3) is 0 Å². The lowest BCUT2D eigenvalue weighted by Crippen LogP contribution is -2.37. The summed E-state index contributed by atoms with van der Waals surface area (Å²) in [4.78, 5) is 0. The van der Waals surface area contributed by atoms with Gasteiger partial charge in [-0.2, -0.15) is 0 Å². The molecule has 7 aliphatic rings. The Kier molecular flexibility index (Phi) is 16.3. The molecule has 0 radical (unpaired) electrons. The molecule has 0 amide bonds. The Balaban J connectivity index is 0.000000110. The predicted molar refractivity (Wildman–Crippen MR) is 384 cm³/mol. The number of aryl methyl sites for hydroxylation is 4. The van der Waals surface area contributed by atoms with E-state index in [-0.39, 0.29) is 21.7 Å². The van der Waals surface area contributed by atoms with E-state index in [4.69, 9.17) is 4.74 Å². The van der Waals surface area contributed by atoms with E-state index in [1.807, 2.05) is 0 Å². The Morgan fingerprint density at radius 2 is 0.478 bits per heavy atom. The van der Waals surface area contributed by atoms with Gasteiger partial charge < -0.3 is 4.74 Å². The van der Waals surface area contributed by atoms with Gasteiger partial charge in [-0.1, -0.05) is 262 Å². The van der Waals surface area contributed by atoms with Crippen molar-refractivity contribution < 1.29 is 4.74 Å². The number of ether oxygens (including phenoxy) is 1. The van der Waals surface area contributed by atoms with Crippen LogP contribution in [-0.2, 0) is 65.3 Å². The van der Waals surface area contributed by atoms with Crippen molar-refractivity contribution in [3.63, 3.8) is 0 Å². The zero-order valence-corrected chi connectivity index (χ0v) is 57.6. The standard InChI is InChI=1S/C23H28.C23H24.C22H26.C21H24O/c2*1-15(2)23(16(3)4)21-12-8-7-11-19(21)20-13-17-9-5-6-10-18(17)14-22(20)23;1-14(2)22(15(3)4)20-11-6-5-10-18(20)19-12-16-8-7-9-17(16)13-21(19)22;1-13(2)21(14(3)4)19-8-6-5-7-17(19)18-9-15-11-22-12-16(15)10-20(18)21/h7-8,11-16H,5-6,9-10H2,1-4H3;5-16H,1-4H3;5-6,10-15H,7-9H2,1-4H3;5-10,13-14H,11-12H2,1-4H3. The minimum absolute atomic E-state index is 0.107. The van der Waals surface area contributed by atoms with Crippen molar-refractivity contribution in [2.24, 2.45) is 47.3 Å². The molecule has 0 aromatic heterocycles. The summed E-state index contributed by atoms with van der Waals surface area (Å²) in [6.45, 7) is 39.8. The normalized spacial score (nSPS) is 17.2. The molecule has 1 heterocycles. The molecule has 90 heavy (non-hydrogen) atoms. The molecule has 0 unspecified atom stereocenters. The molecule has 1 nitrogen and oxygen atoms in total. The molecule has 1 heteroatoms. The maximum absolute atomic E-state index is 5.67. The third-order valence-corrected chi connectivity index (χ3v) is 24.2. The van der Waals surface area contributed by atoms with Gasteiger partial charge >= 0.3 is 0 Å². The summed E-state index contributed by atoms with van der Waals surface area (Å²) < 4.78 is 5.67. The highest BCUT2D eigenvalue weighted by atomic mass is 16.5. The SMILES string of the molecule is CC(C)C1(C(C)C)c2ccccc2-c2cc3c(cc21)CCC3.CC(C)C1(C(C)C)c2ccccc2-c2cc3c(cc21)CCCC3.CC(C)C1(C(C)C)c2ccccc2-c2cc3c(cc21)COC3.CC(C)C1(C(C)C)c2ccccc2-c2cc3ccccc3cc21. The number of hydrogen-bond acceptors (Lipinski definition) is 1. The van der Waals surface area contributed by atoms with E-state index < -0.39 is 0 Å². The smallest absolute Gasteiger partial charge is 0.0725 e. The zero-order chi connectivity index (χ0) is 63.3. The van der Waals surface area contributed by atoms with Gasteiger partial charge in [0.15, 0.2) is 0 Å². The first-order chi connectivity index (χ1) is 43.3. The third kappa shape index (κ3) is 9.13. The molecule has 0 spiro atoms. The summed E-state index contributed by atoms with van der Waals surface area (Å²) in [6.07, 6.45) is 9.11. The van der Waals surface area contributed by atoms with Gasteiger partial charge in [0.05, 0.1) is 13.2 Å². The number of benzene rings is 9. The molecule has 0 bridgehead atoms. The molecular weight excluding hydrogens is 1080 g/mol. The number of hydrogen-bond donors (Lipinski definition) is 0. The number of fused-ring (bicyclic) bond motifs is 16. The number of rotatable bonds is 8. The summed E-state index contributed by atoms with van der Waals surface area (Å²) in [5.41, 5.74) is 33.8. The van der Waals surface area contributed by atoms with Crippen LogP contribution in [-0.4, -0.2) is 0 Å². The summed E-state index contributed by atoms with van der Waals surface area (Å²) in [6, 6.07) is 64.9. The fraction of sp³-hybridized carbons (Fsp3) is 0.416. The van der Waals surface area contributed by atoms with Crippen LogP contribution in [0.4, 0.5) is 0 Å². The molecule has 16 rings (SSSR count). The first kappa shape index (κ1) is 62.0. The second kappa shape index (κ2) is 23.7. The second-order valence-electron chi connectivity index (χ2n) is 30.7. The van der Waals surface area contributed by atoms with E-state index in [2.05, 4.69) is 281 Å². The van der Waals surface area contributed by atoms with Crippen molar-refractivity contribution in [2.75, 3.05) is 0 Å². The van der Waals surface area contributed by atoms with Crippen LogP contribution in [0.2, 0.25) is 0 Å². The molecule has 464 valence electrons. The lowest BCUT2D eigenvalue weighted by atomic mass is 9.62. The molecule has 9 aromatic rings. The Hall–Kier alpha value is -6.80. The monoisotopic (exact) mass is 1190 g/mol. The van der Waals surface area contributed by atoms with Gasteiger partial charge in [0.1, 0.15) is 0 Å². The van der Waals surface area contributed by atoms with Crippen LogP contribution in [0.1, 0.15) is 208 Å². The van der Waals surface area contributed by atoms with Gasteiger partial charge in [-0.05, 0) is 244 Å². The summed E-state index contributed by atoms with van der Waals surface area (Å²) in [5.74, 6) is 4.67. The minimum Gasteiger partial charge on any atom is -0.372 e. The zero-order valence-electron chi connectivity index (χ0n) is 57.6. The highest BCUT2D eigenvalue weighted by Gasteiger charge is 2.52. The molecule has 0 atom stereocenters. The van der Waals surface area contributed by atoms with E-state index in [0.717, 1.165) is 13.2 Å². The third-order valence-electron chi connectivity index (χ3n) is 24.2. The molecule has 6 aliphatic carbocycles. The Morgan fingerprint density at radius 1 is 0.233 bits per heavy atom. The second-order valence-corrected chi connectivity index (χ2v) is 30.7. The van der Waals surface area contributed by atoms with Crippen LogP contribution in [0.25, 0.3) is 55.3 Å². The van der Waals surface area contributed by atoms with E-state index >= 15 is 0 Å². The fourth-order valence-corrected chi connectivity index (χ4v) is 20.7. The van der Waals surface area contributed by atoms with Crippen molar-refractivity contribution in [1.29, 1.82) is 0 Å². The van der Waals surface area contributed by atoms with Gasteiger partial charge in [-0.3, -0.25) is 0 Å². The van der Waals surface area contributed by atoms with Gasteiger partial charge in [0.2, 0.25) is 0 Å². The molecule has 0 N–H and O–H groups in total. The van der Waals surface area contributed by atoms with Crippen molar-refractivity contribution in [2.45, 2.75) is 191 Å². The molecule has 9 aromatic carbocycles. The Morgan fingerprint density at radius 3 is 0.822 bits per heavy atom. The van der Waals surface area contributed by atoms with Gasteiger partial charge in [-0.15, -0.1) is 0 Å². The summed E-state index contributed by atoms with van der Waals surface area (Å²) in [7, 11) is 0. The average molecular weight is 1190 g/mol. The molecule has 1 aliphatic heterocycles. The average Bonchev–Trinajstić information content (AvgIpc) is 1.60. The quantitative estimate of drug-likeness (QED) is 0.147. The van der Waals surface area contributed by atoms with Crippen molar-refractivity contribution in [1.82, 2.24) is 0 Å². The Labute approximate surface area is 542 Å². The van der Waals surface area contributed by atoms with Crippen molar-refractivity contribution >= 4 is 10.8 Å². The van der Waals surface area contributed by atoms with Crippen LogP contribution in [0, 0.1) is 47.3 Å². The highest BCUT2D eigenvalue weighted by molar-refractivity contribution is 5.94. The maximum Gasteiger partial charge on any atom is 0.0725 e. The van der Waals surface area contributed by atoms with Gasteiger partial charge in [-0.25, -0.2) is 0 Å². The molecule has 0 fully saturated rings. The maximum atomic E-state index is 5.67. The molecule has 0 saturated carbocycles. The summed E-state index contributed by atoms with van der Waals surface area (Å²) in [5, 5.41) is 2.69. The van der Waals surface area contributed by atoms with E-state index in [1.165, 1.54) is 134 Å². The largest absolute Gasteiger partial charge is 0.372 e. The van der Waals surface area contributed by atoms with Crippen LogP contribution in [0.5, 0.6) is 0 Å². The minimum atomic E-state index is 0.107. The van der Waals surface area contributed by atoms with Crippen molar-refractivity contribution in [3.8, 4) is 44.5 Å². The van der Waals surface area contributed by atoms with Crippen molar-refractivity contribution in [3.05, 3.63) is 248 Å². The van der Waals surface area contributed by atoms with Crippen LogP contribution >= 0.6 is 0 Å². The predicted octanol–water partition coefficient (Wildman–Crippen LogP) is 23.6. The molecule has 0 saturated heterocycles. The highest BCUT2D eigenvalue weighted by Crippen LogP contribution is 2.61. The van der Waals surface area contributed by atoms with Crippen LogP contribution in [0.3, 0.4) is 0 Å². The Bertz CT molecular complexity index is 4020. The lowest BCUT2D eigenvalue weighted by molar-refractivity contribution is 0.134. The summed E-state index contributed by atoms with van der Waals surface area (Å²) >= 11 is 0. The van der Waals surface area contributed by atoms with Crippen LogP contribution in [0.15, 0.2) is 170 Å². The van der Waals surface area contributed by atoms with E-state index in [9.17, 15) is 0 Å². The molecular formula is C89H102O. The van der Waals surface area contributed by atoms with Crippen LogP contribution < -0.4 is 0 Å². The first-order valence-corrected chi connectivity index (χ1v) is 35.3. The lowest BCUT2D eigenvalue weighted by Gasteiger charge is -2.40. The topological polar surface area (TPSA) is 9.23 Å². The first-order valence-electron chi connectivity index (χ1n) is 35.3. The van der Waals surface area contributed by atoms with E-state index in [1.54, 1.807) is 44.5 Å². The fourth-order valence-electron chi connectivity index (χ4n) is 20.7.